The van der Waals surface area contributed by atoms with Crippen molar-refractivity contribution in [3.05, 3.63) is 64.2 Å². The van der Waals surface area contributed by atoms with E-state index >= 15 is 0 Å². The Morgan fingerprint density at radius 3 is 2.52 bits per heavy atom. The standard InChI is InChI=1S/C19H18N2O6/c22-18(20-13-7-6-12(10-13)19(23)24)16-11-14(21(25)26)8-9-17(16)27-15-4-2-1-3-5-15/h1-5,8-9,11-13H,6-7,10H2,(H,20,22)(H,23,24)/t12-,13+/m1/s1. The Bertz CT molecular complexity index is 868. The van der Waals surface area contributed by atoms with E-state index < -0.39 is 22.7 Å². The van der Waals surface area contributed by atoms with Crippen molar-refractivity contribution in [1.82, 2.24) is 5.32 Å². The number of non-ortho nitro benzene ring substituents is 1. The van der Waals surface area contributed by atoms with Crippen LogP contribution in [0.5, 0.6) is 11.5 Å². The van der Waals surface area contributed by atoms with E-state index in [1.165, 1.54) is 12.1 Å². The van der Waals surface area contributed by atoms with E-state index in [4.69, 9.17) is 9.84 Å². The van der Waals surface area contributed by atoms with Crippen molar-refractivity contribution in [3.63, 3.8) is 0 Å². The number of carbonyl (C=O) groups is 2. The van der Waals surface area contributed by atoms with Crippen LogP contribution in [-0.2, 0) is 4.79 Å². The van der Waals surface area contributed by atoms with Gasteiger partial charge in [-0.05, 0) is 37.5 Å². The first-order valence-electron chi connectivity index (χ1n) is 8.49. The number of nitrogens with zero attached hydrogens (tertiary/aromatic N) is 1. The summed E-state index contributed by atoms with van der Waals surface area (Å²) in [6.07, 6.45) is 1.37. The van der Waals surface area contributed by atoms with Crippen LogP contribution < -0.4 is 10.1 Å². The lowest BCUT2D eigenvalue weighted by Crippen LogP contribution is -2.33. The van der Waals surface area contributed by atoms with Gasteiger partial charge in [0.15, 0.2) is 0 Å². The van der Waals surface area contributed by atoms with Crippen LogP contribution >= 0.6 is 0 Å². The normalized spacial score (nSPS) is 18.7. The molecule has 2 aromatic carbocycles. The second-order valence-corrected chi connectivity index (χ2v) is 6.37. The molecule has 0 spiro atoms. The van der Waals surface area contributed by atoms with Gasteiger partial charge in [-0.1, -0.05) is 18.2 Å². The first-order valence-corrected chi connectivity index (χ1v) is 8.49. The zero-order chi connectivity index (χ0) is 19.4. The van der Waals surface area contributed by atoms with Gasteiger partial charge in [0.25, 0.3) is 11.6 Å². The number of aliphatic carboxylic acids is 1. The number of hydrogen-bond donors (Lipinski definition) is 2. The first-order chi connectivity index (χ1) is 12.9. The van der Waals surface area contributed by atoms with Gasteiger partial charge in [0.2, 0.25) is 0 Å². The lowest BCUT2D eigenvalue weighted by atomic mass is 10.1. The van der Waals surface area contributed by atoms with Gasteiger partial charge in [-0.3, -0.25) is 19.7 Å². The van der Waals surface area contributed by atoms with Gasteiger partial charge < -0.3 is 15.2 Å². The molecule has 1 fully saturated rings. The number of carboxylic acid groups (broad SMARTS) is 1. The molecule has 1 saturated carbocycles. The Kier molecular flexibility index (Phi) is 5.35. The summed E-state index contributed by atoms with van der Waals surface area (Å²) in [6, 6.07) is 12.3. The maximum Gasteiger partial charge on any atom is 0.306 e. The monoisotopic (exact) mass is 370 g/mol. The van der Waals surface area contributed by atoms with Crippen molar-refractivity contribution in [2.24, 2.45) is 5.92 Å². The van der Waals surface area contributed by atoms with Crippen molar-refractivity contribution >= 4 is 17.6 Å². The van der Waals surface area contributed by atoms with E-state index in [-0.39, 0.29) is 23.0 Å². The number of rotatable bonds is 6. The molecule has 0 aromatic heterocycles. The third kappa shape index (κ3) is 4.41. The highest BCUT2D eigenvalue weighted by atomic mass is 16.6. The van der Waals surface area contributed by atoms with Crippen molar-refractivity contribution < 1.29 is 24.4 Å². The van der Waals surface area contributed by atoms with Crippen molar-refractivity contribution in [1.29, 1.82) is 0 Å². The number of para-hydroxylation sites is 1. The molecular weight excluding hydrogens is 352 g/mol. The van der Waals surface area contributed by atoms with Gasteiger partial charge in [-0.25, -0.2) is 0 Å². The Morgan fingerprint density at radius 1 is 1.15 bits per heavy atom. The number of carbonyl (C=O) groups excluding carboxylic acids is 1. The number of benzene rings is 2. The molecule has 0 bridgehead atoms. The summed E-state index contributed by atoms with van der Waals surface area (Å²) in [5.41, 5.74) is -0.192. The van der Waals surface area contributed by atoms with Gasteiger partial charge in [0.1, 0.15) is 11.5 Å². The highest BCUT2D eigenvalue weighted by Crippen LogP contribution is 2.30. The van der Waals surface area contributed by atoms with Crippen molar-refractivity contribution in [2.45, 2.75) is 25.3 Å². The van der Waals surface area contributed by atoms with Crippen LogP contribution in [0, 0.1) is 16.0 Å². The lowest BCUT2D eigenvalue weighted by molar-refractivity contribution is -0.384. The predicted octanol–water partition coefficient (Wildman–Crippen LogP) is 3.37. The minimum absolute atomic E-state index is 0.0341. The van der Waals surface area contributed by atoms with Crippen molar-refractivity contribution in [3.8, 4) is 11.5 Å². The van der Waals surface area contributed by atoms with Gasteiger partial charge in [-0.15, -0.1) is 0 Å². The molecule has 1 aliphatic carbocycles. The molecule has 3 rings (SSSR count). The van der Waals surface area contributed by atoms with Crippen LogP contribution in [0.15, 0.2) is 48.5 Å². The first kappa shape index (κ1) is 18.4. The fourth-order valence-corrected chi connectivity index (χ4v) is 3.11. The molecule has 1 aliphatic rings. The average molecular weight is 370 g/mol. The number of ether oxygens (including phenoxy) is 1. The third-order valence-corrected chi connectivity index (χ3v) is 4.51. The van der Waals surface area contributed by atoms with Gasteiger partial charge in [0.05, 0.1) is 16.4 Å². The molecule has 0 radical (unpaired) electrons. The number of amides is 1. The predicted molar refractivity (Wildman–Crippen MR) is 95.8 cm³/mol. The summed E-state index contributed by atoms with van der Waals surface area (Å²) in [4.78, 5) is 34.3. The molecular formula is C19H18N2O6. The van der Waals surface area contributed by atoms with Gasteiger partial charge >= 0.3 is 5.97 Å². The number of nitro benzene ring substituents is 1. The lowest BCUT2D eigenvalue weighted by Gasteiger charge is -2.15. The molecule has 0 heterocycles. The fourth-order valence-electron chi connectivity index (χ4n) is 3.11. The minimum Gasteiger partial charge on any atom is -0.481 e. The highest BCUT2D eigenvalue weighted by Gasteiger charge is 2.31. The second kappa shape index (κ2) is 7.86. The summed E-state index contributed by atoms with van der Waals surface area (Å²) in [5.74, 6) is -1.21. The highest BCUT2D eigenvalue weighted by molar-refractivity contribution is 5.98. The van der Waals surface area contributed by atoms with E-state index in [1.54, 1.807) is 24.3 Å². The molecule has 2 aromatic rings. The molecule has 0 unspecified atom stereocenters. The molecule has 140 valence electrons. The molecule has 2 atom stereocenters. The minimum atomic E-state index is -0.879. The molecule has 2 N–H and O–H groups in total. The summed E-state index contributed by atoms with van der Waals surface area (Å²) in [6.45, 7) is 0. The topological polar surface area (TPSA) is 119 Å². The SMILES string of the molecule is O=C(N[C@H]1CC[C@@H](C(=O)O)C1)c1cc([N+](=O)[O-])ccc1Oc1ccccc1. The molecule has 8 heteroatoms. The maximum absolute atomic E-state index is 12.7. The third-order valence-electron chi connectivity index (χ3n) is 4.51. The molecule has 0 aliphatic heterocycles. The Hall–Kier alpha value is -3.42. The van der Waals surface area contributed by atoms with E-state index in [1.807, 2.05) is 6.07 Å². The zero-order valence-electron chi connectivity index (χ0n) is 14.3. The molecule has 27 heavy (non-hydrogen) atoms. The van der Waals surface area contributed by atoms with E-state index in [9.17, 15) is 19.7 Å². The van der Waals surface area contributed by atoms with E-state index in [0.29, 0.717) is 25.0 Å². The van der Waals surface area contributed by atoms with Crippen LogP contribution in [0.3, 0.4) is 0 Å². The quantitative estimate of drug-likeness (QED) is 0.594. The van der Waals surface area contributed by atoms with Crippen LogP contribution in [0.1, 0.15) is 29.6 Å². The number of nitro groups is 1. The summed E-state index contributed by atoms with van der Waals surface area (Å²) >= 11 is 0. The number of carboxylic acids is 1. The smallest absolute Gasteiger partial charge is 0.306 e. The molecule has 1 amide bonds. The van der Waals surface area contributed by atoms with Crippen LogP contribution in [-0.4, -0.2) is 27.9 Å². The van der Waals surface area contributed by atoms with Crippen LogP contribution in [0.4, 0.5) is 5.69 Å². The fraction of sp³-hybridized carbons (Fsp3) is 0.263. The van der Waals surface area contributed by atoms with E-state index in [2.05, 4.69) is 5.32 Å². The maximum atomic E-state index is 12.7. The number of nitrogens with one attached hydrogen (secondary N) is 1. The van der Waals surface area contributed by atoms with Gasteiger partial charge in [0, 0.05) is 18.2 Å². The largest absolute Gasteiger partial charge is 0.481 e. The summed E-state index contributed by atoms with van der Waals surface area (Å²) in [7, 11) is 0. The second-order valence-electron chi connectivity index (χ2n) is 6.37. The number of hydrogen-bond acceptors (Lipinski definition) is 5. The Labute approximate surface area is 154 Å². The van der Waals surface area contributed by atoms with Crippen LogP contribution in [0.2, 0.25) is 0 Å². The molecule has 0 saturated heterocycles. The average Bonchev–Trinajstić information content (AvgIpc) is 3.11. The van der Waals surface area contributed by atoms with E-state index in [0.717, 1.165) is 6.07 Å². The Morgan fingerprint density at radius 2 is 1.89 bits per heavy atom. The van der Waals surface area contributed by atoms with Crippen molar-refractivity contribution in [2.75, 3.05) is 0 Å². The van der Waals surface area contributed by atoms with Crippen LogP contribution in [0.25, 0.3) is 0 Å². The Balaban J connectivity index is 1.82. The van der Waals surface area contributed by atoms with Gasteiger partial charge in [-0.2, -0.15) is 0 Å². The summed E-state index contributed by atoms with van der Waals surface area (Å²) in [5, 5.41) is 22.9. The molecule has 8 nitrogen and oxygen atoms in total. The zero-order valence-corrected chi connectivity index (χ0v) is 14.3. The summed E-state index contributed by atoms with van der Waals surface area (Å²) < 4.78 is 5.71.